The van der Waals surface area contributed by atoms with E-state index in [-0.39, 0.29) is 11.8 Å². The summed E-state index contributed by atoms with van der Waals surface area (Å²) in [5.41, 5.74) is 4.46. The van der Waals surface area contributed by atoms with Crippen LogP contribution in [0.4, 0.5) is 11.4 Å². The number of ether oxygens (including phenoxy) is 1. The van der Waals surface area contributed by atoms with Gasteiger partial charge in [-0.25, -0.2) is 0 Å². The van der Waals surface area contributed by atoms with Gasteiger partial charge in [0.05, 0.1) is 12.2 Å². The molecule has 5 heteroatoms. The Bertz CT molecular complexity index is 1270. The molecular weight excluding hydrogens is 424 g/mol. The van der Waals surface area contributed by atoms with Crippen LogP contribution in [-0.4, -0.2) is 18.4 Å². The minimum absolute atomic E-state index is 0.170. The number of rotatable bonds is 8. The van der Waals surface area contributed by atoms with E-state index in [1.165, 1.54) is 5.56 Å². The molecule has 2 N–H and O–H groups in total. The topological polar surface area (TPSA) is 67.4 Å². The third-order valence-electron chi connectivity index (χ3n) is 5.41. The number of benzene rings is 4. The van der Waals surface area contributed by atoms with Crippen molar-refractivity contribution in [3.05, 3.63) is 125 Å². The van der Waals surface area contributed by atoms with Gasteiger partial charge in [-0.2, -0.15) is 0 Å². The van der Waals surface area contributed by atoms with Crippen molar-refractivity contribution in [3.8, 4) is 5.75 Å². The summed E-state index contributed by atoms with van der Waals surface area (Å²) >= 11 is 0. The van der Waals surface area contributed by atoms with Crippen molar-refractivity contribution in [2.75, 3.05) is 17.2 Å². The maximum atomic E-state index is 12.9. The summed E-state index contributed by atoms with van der Waals surface area (Å²) in [5.74, 6) is 0.113. The average Bonchev–Trinajstić information content (AvgIpc) is 2.86. The molecule has 2 amide bonds. The zero-order valence-electron chi connectivity index (χ0n) is 19.0. The van der Waals surface area contributed by atoms with E-state index in [0.29, 0.717) is 34.9 Å². The fourth-order valence-corrected chi connectivity index (χ4v) is 3.57. The lowest BCUT2D eigenvalue weighted by atomic mass is 10.1. The van der Waals surface area contributed by atoms with Crippen LogP contribution in [0.2, 0.25) is 0 Å². The molecular formula is C29H26N2O3. The van der Waals surface area contributed by atoms with Gasteiger partial charge in [0.15, 0.2) is 0 Å². The van der Waals surface area contributed by atoms with Crippen LogP contribution < -0.4 is 15.4 Å². The summed E-state index contributed by atoms with van der Waals surface area (Å²) in [5, 5.41) is 5.78. The first-order chi connectivity index (χ1) is 16.6. The van der Waals surface area contributed by atoms with Crippen molar-refractivity contribution in [2.45, 2.75) is 13.3 Å². The lowest BCUT2D eigenvalue weighted by Crippen LogP contribution is -2.15. The van der Waals surface area contributed by atoms with Gasteiger partial charge in [-0.1, -0.05) is 60.7 Å². The highest BCUT2D eigenvalue weighted by Crippen LogP contribution is 2.21. The number of carbonyl (C=O) groups is 2. The van der Waals surface area contributed by atoms with Gasteiger partial charge in [-0.05, 0) is 60.5 Å². The fraction of sp³-hybridized carbons (Fsp3) is 0.103. The van der Waals surface area contributed by atoms with Gasteiger partial charge in [0, 0.05) is 23.4 Å². The minimum atomic E-state index is -0.257. The van der Waals surface area contributed by atoms with Crippen LogP contribution in [0, 0.1) is 6.92 Å². The minimum Gasteiger partial charge on any atom is -0.492 e. The Hall–Kier alpha value is -4.38. The maximum Gasteiger partial charge on any atom is 0.259 e. The lowest BCUT2D eigenvalue weighted by molar-refractivity contribution is 0.101. The molecule has 0 aromatic heterocycles. The zero-order chi connectivity index (χ0) is 23.8. The van der Waals surface area contributed by atoms with Gasteiger partial charge >= 0.3 is 0 Å². The van der Waals surface area contributed by atoms with Gasteiger partial charge < -0.3 is 15.4 Å². The molecule has 4 aromatic carbocycles. The van der Waals surface area contributed by atoms with Gasteiger partial charge in [-0.3, -0.25) is 9.59 Å². The molecule has 0 spiro atoms. The molecule has 0 saturated heterocycles. The molecule has 0 heterocycles. The first kappa shape index (κ1) is 22.8. The Labute approximate surface area is 199 Å². The molecule has 170 valence electrons. The fourth-order valence-electron chi connectivity index (χ4n) is 3.57. The van der Waals surface area contributed by atoms with Gasteiger partial charge in [0.1, 0.15) is 5.75 Å². The zero-order valence-corrected chi connectivity index (χ0v) is 19.0. The number of hydrogen-bond acceptors (Lipinski definition) is 3. The molecule has 0 atom stereocenters. The van der Waals surface area contributed by atoms with E-state index in [4.69, 9.17) is 4.74 Å². The molecule has 0 unspecified atom stereocenters. The molecule has 0 aliphatic carbocycles. The Kier molecular flexibility index (Phi) is 7.35. The predicted octanol–water partition coefficient (Wildman–Crippen LogP) is 6.12. The molecule has 0 aliphatic rings. The number of hydrogen-bond donors (Lipinski definition) is 2. The first-order valence-electron chi connectivity index (χ1n) is 11.1. The highest BCUT2D eigenvalue weighted by Gasteiger charge is 2.13. The highest BCUT2D eigenvalue weighted by atomic mass is 16.5. The van der Waals surface area contributed by atoms with E-state index in [1.54, 1.807) is 42.5 Å². The number of amides is 2. The number of para-hydroxylation sites is 1. The lowest BCUT2D eigenvalue weighted by Gasteiger charge is -2.12. The van der Waals surface area contributed by atoms with Gasteiger partial charge in [0.2, 0.25) is 0 Å². The van der Waals surface area contributed by atoms with Crippen LogP contribution in [0.15, 0.2) is 103 Å². The molecule has 4 aromatic rings. The van der Waals surface area contributed by atoms with E-state index in [9.17, 15) is 9.59 Å². The van der Waals surface area contributed by atoms with Crippen molar-refractivity contribution >= 4 is 23.2 Å². The molecule has 0 radical (unpaired) electrons. The summed E-state index contributed by atoms with van der Waals surface area (Å²) in [7, 11) is 0. The molecule has 0 aliphatic heterocycles. The monoisotopic (exact) mass is 450 g/mol. The quantitative estimate of drug-likeness (QED) is 0.340. The molecule has 4 rings (SSSR count). The van der Waals surface area contributed by atoms with Gasteiger partial charge in [0.25, 0.3) is 11.8 Å². The second kappa shape index (κ2) is 11.0. The van der Waals surface area contributed by atoms with E-state index in [1.807, 2.05) is 55.5 Å². The second-order valence-corrected chi connectivity index (χ2v) is 7.88. The Morgan fingerprint density at radius 1 is 0.647 bits per heavy atom. The van der Waals surface area contributed by atoms with Crippen molar-refractivity contribution in [2.24, 2.45) is 0 Å². The number of carbonyl (C=O) groups excluding carboxylic acids is 2. The summed E-state index contributed by atoms with van der Waals surface area (Å²) < 4.78 is 5.91. The van der Waals surface area contributed by atoms with Crippen molar-refractivity contribution < 1.29 is 14.3 Å². The Morgan fingerprint density at radius 3 is 1.82 bits per heavy atom. The van der Waals surface area contributed by atoms with E-state index in [0.717, 1.165) is 12.0 Å². The second-order valence-electron chi connectivity index (χ2n) is 7.88. The average molecular weight is 451 g/mol. The SMILES string of the molecule is Cc1ccccc1C(=O)Nc1ccc(NC(=O)c2ccccc2OCCc2ccccc2)cc1. The van der Waals surface area contributed by atoms with Crippen molar-refractivity contribution in [1.82, 2.24) is 0 Å². The van der Waals surface area contributed by atoms with Crippen LogP contribution in [0.3, 0.4) is 0 Å². The summed E-state index contributed by atoms with van der Waals surface area (Å²) in [6.07, 6.45) is 0.756. The Morgan fingerprint density at radius 2 is 1.18 bits per heavy atom. The van der Waals surface area contributed by atoms with E-state index < -0.39 is 0 Å². The normalized spacial score (nSPS) is 10.4. The van der Waals surface area contributed by atoms with Crippen LogP contribution in [-0.2, 0) is 6.42 Å². The smallest absolute Gasteiger partial charge is 0.259 e. The van der Waals surface area contributed by atoms with Crippen LogP contribution in [0.1, 0.15) is 31.8 Å². The largest absolute Gasteiger partial charge is 0.492 e. The van der Waals surface area contributed by atoms with Crippen LogP contribution in [0.25, 0.3) is 0 Å². The third-order valence-corrected chi connectivity index (χ3v) is 5.41. The van der Waals surface area contributed by atoms with Crippen molar-refractivity contribution in [3.63, 3.8) is 0 Å². The van der Waals surface area contributed by atoms with E-state index in [2.05, 4.69) is 22.8 Å². The van der Waals surface area contributed by atoms with Crippen LogP contribution in [0.5, 0.6) is 5.75 Å². The molecule has 34 heavy (non-hydrogen) atoms. The maximum absolute atomic E-state index is 12.9. The molecule has 0 bridgehead atoms. The Balaban J connectivity index is 1.36. The van der Waals surface area contributed by atoms with E-state index >= 15 is 0 Å². The van der Waals surface area contributed by atoms with Crippen molar-refractivity contribution in [1.29, 1.82) is 0 Å². The standard InChI is InChI=1S/C29H26N2O3/c1-21-9-5-6-12-25(21)28(32)30-23-15-17-24(18-16-23)31-29(33)26-13-7-8-14-27(26)34-20-19-22-10-3-2-4-11-22/h2-18H,19-20H2,1H3,(H,30,32)(H,31,33). The number of anilines is 2. The number of aryl methyl sites for hydroxylation is 1. The summed E-state index contributed by atoms with van der Waals surface area (Å²) in [6.45, 7) is 2.38. The first-order valence-corrected chi connectivity index (χ1v) is 11.1. The highest BCUT2D eigenvalue weighted by molar-refractivity contribution is 6.07. The van der Waals surface area contributed by atoms with Gasteiger partial charge in [-0.15, -0.1) is 0 Å². The van der Waals surface area contributed by atoms with Crippen LogP contribution >= 0.6 is 0 Å². The summed E-state index contributed by atoms with van der Waals surface area (Å²) in [6, 6.07) is 31.7. The predicted molar refractivity (Wildman–Crippen MR) is 136 cm³/mol. The molecule has 5 nitrogen and oxygen atoms in total. The third kappa shape index (κ3) is 5.90. The molecule has 0 saturated carbocycles. The number of nitrogens with one attached hydrogen (secondary N) is 2. The summed E-state index contributed by atoms with van der Waals surface area (Å²) in [4.78, 5) is 25.4. The molecule has 0 fully saturated rings.